The van der Waals surface area contributed by atoms with Crippen LogP contribution in [-0.4, -0.2) is 24.7 Å². The molecule has 0 saturated carbocycles. The number of para-hydroxylation sites is 1. The van der Waals surface area contributed by atoms with E-state index in [2.05, 4.69) is 26.7 Å². The number of H-pyrrole nitrogens is 1. The summed E-state index contributed by atoms with van der Waals surface area (Å²) in [6.45, 7) is 8.29. The van der Waals surface area contributed by atoms with E-state index in [1.807, 2.05) is 36.6 Å². The van der Waals surface area contributed by atoms with Gasteiger partial charge >= 0.3 is 0 Å². The van der Waals surface area contributed by atoms with E-state index in [0.29, 0.717) is 23.3 Å². The molecule has 0 aliphatic rings. The molecular formula is C16H17N5OS. The molecule has 0 saturated heterocycles. The fraction of sp³-hybridized carbons (Fsp3) is 0.250. The summed E-state index contributed by atoms with van der Waals surface area (Å²) in [6.07, 6.45) is 1.81. The summed E-state index contributed by atoms with van der Waals surface area (Å²) in [6, 6.07) is 7.32. The molecule has 23 heavy (non-hydrogen) atoms. The van der Waals surface area contributed by atoms with Gasteiger partial charge in [0.15, 0.2) is 5.16 Å². The predicted octanol–water partition coefficient (Wildman–Crippen LogP) is 2.86. The summed E-state index contributed by atoms with van der Waals surface area (Å²) < 4.78 is 1.98. The monoisotopic (exact) mass is 327 g/mol. The molecule has 0 radical (unpaired) electrons. The molecule has 0 bridgehead atoms. The molecular weight excluding hydrogens is 310 g/mol. The van der Waals surface area contributed by atoms with Gasteiger partial charge in [-0.2, -0.15) is 0 Å². The van der Waals surface area contributed by atoms with E-state index < -0.39 is 0 Å². The second-order valence-corrected chi connectivity index (χ2v) is 6.47. The normalized spacial score (nSPS) is 12.4. The van der Waals surface area contributed by atoms with Gasteiger partial charge in [0.2, 0.25) is 0 Å². The minimum atomic E-state index is -0.123. The summed E-state index contributed by atoms with van der Waals surface area (Å²) in [7, 11) is 0. The highest BCUT2D eigenvalue weighted by molar-refractivity contribution is 7.99. The third-order valence-electron chi connectivity index (χ3n) is 3.51. The Balaban J connectivity index is 1.93. The quantitative estimate of drug-likeness (QED) is 0.576. The zero-order valence-corrected chi connectivity index (χ0v) is 13.8. The van der Waals surface area contributed by atoms with Crippen molar-refractivity contribution in [3.05, 3.63) is 58.9 Å². The number of benzene rings is 1. The van der Waals surface area contributed by atoms with Crippen molar-refractivity contribution in [2.24, 2.45) is 0 Å². The lowest BCUT2D eigenvalue weighted by Crippen LogP contribution is -2.13. The number of thioether (sulfide) groups is 1. The van der Waals surface area contributed by atoms with Crippen LogP contribution in [0.5, 0.6) is 0 Å². The molecule has 1 aromatic carbocycles. The molecule has 0 fully saturated rings. The number of hydrogen-bond donors (Lipinski definition) is 1. The first kappa shape index (κ1) is 15.5. The van der Waals surface area contributed by atoms with Gasteiger partial charge in [0.25, 0.3) is 5.56 Å². The maximum Gasteiger partial charge on any atom is 0.258 e. The number of rotatable bonds is 5. The zero-order chi connectivity index (χ0) is 16.4. The van der Waals surface area contributed by atoms with Crippen molar-refractivity contribution in [3.8, 4) is 0 Å². The van der Waals surface area contributed by atoms with E-state index in [1.54, 1.807) is 12.1 Å². The SMILES string of the molecule is C=CCn1c(C)nnc1S[C@H](C)c1nc2ccccc2c(=O)[nH]1. The van der Waals surface area contributed by atoms with Gasteiger partial charge in [-0.15, -0.1) is 16.8 Å². The lowest BCUT2D eigenvalue weighted by Gasteiger charge is -2.11. The molecule has 2 heterocycles. The maximum absolute atomic E-state index is 12.2. The summed E-state index contributed by atoms with van der Waals surface area (Å²) in [4.78, 5) is 19.6. The number of hydrogen-bond acceptors (Lipinski definition) is 5. The second kappa shape index (κ2) is 6.37. The minimum Gasteiger partial charge on any atom is -0.309 e. The van der Waals surface area contributed by atoms with E-state index in [9.17, 15) is 4.79 Å². The van der Waals surface area contributed by atoms with Crippen LogP contribution in [0, 0.1) is 6.92 Å². The Kier molecular flexibility index (Phi) is 4.29. The standard InChI is InChI=1S/C16H17N5OS/c1-4-9-21-11(3)19-20-16(21)23-10(2)14-17-13-8-6-5-7-12(13)15(22)18-14/h4-8,10H,1,9H2,2-3H3,(H,17,18,22)/t10-/m1/s1. The topological polar surface area (TPSA) is 76.5 Å². The number of aromatic nitrogens is 5. The van der Waals surface area contributed by atoms with E-state index in [0.717, 1.165) is 11.0 Å². The molecule has 3 rings (SSSR count). The molecule has 118 valence electrons. The zero-order valence-electron chi connectivity index (χ0n) is 13.0. The van der Waals surface area contributed by atoms with Crippen molar-refractivity contribution in [3.63, 3.8) is 0 Å². The van der Waals surface area contributed by atoms with Crippen LogP contribution in [0.4, 0.5) is 0 Å². The van der Waals surface area contributed by atoms with Crippen molar-refractivity contribution in [2.75, 3.05) is 0 Å². The highest BCUT2D eigenvalue weighted by Crippen LogP contribution is 2.32. The summed E-state index contributed by atoms with van der Waals surface area (Å²) in [5.41, 5.74) is 0.573. The smallest absolute Gasteiger partial charge is 0.258 e. The van der Waals surface area contributed by atoms with Gasteiger partial charge < -0.3 is 9.55 Å². The third-order valence-corrected chi connectivity index (χ3v) is 4.60. The van der Waals surface area contributed by atoms with Crippen LogP contribution in [-0.2, 0) is 6.54 Å². The van der Waals surface area contributed by atoms with E-state index in [-0.39, 0.29) is 10.8 Å². The summed E-state index contributed by atoms with van der Waals surface area (Å²) >= 11 is 1.51. The Hall–Kier alpha value is -2.41. The lowest BCUT2D eigenvalue weighted by molar-refractivity contribution is 0.701. The largest absolute Gasteiger partial charge is 0.309 e. The Morgan fingerprint density at radius 2 is 2.17 bits per heavy atom. The molecule has 1 atom stereocenters. The van der Waals surface area contributed by atoms with Crippen LogP contribution in [0.1, 0.15) is 23.8 Å². The van der Waals surface area contributed by atoms with Crippen molar-refractivity contribution in [2.45, 2.75) is 30.8 Å². The molecule has 7 heteroatoms. The van der Waals surface area contributed by atoms with Gasteiger partial charge in [-0.05, 0) is 26.0 Å². The molecule has 6 nitrogen and oxygen atoms in total. The van der Waals surface area contributed by atoms with Crippen LogP contribution in [0.25, 0.3) is 10.9 Å². The first-order valence-corrected chi connectivity index (χ1v) is 8.14. The van der Waals surface area contributed by atoms with Gasteiger partial charge in [0.05, 0.1) is 16.2 Å². The Labute approximate surface area is 137 Å². The number of nitrogens with zero attached hydrogens (tertiary/aromatic N) is 4. The Bertz CT molecular complexity index is 914. The first-order valence-electron chi connectivity index (χ1n) is 7.26. The van der Waals surface area contributed by atoms with E-state index in [4.69, 9.17) is 0 Å². The van der Waals surface area contributed by atoms with Gasteiger partial charge in [-0.25, -0.2) is 4.98 Å². The molecule has 0 unspecified atom stereocenters. The first-order chi connectivity index (χ1) is 11.1. The van der Waals surface area contributed by atoms with E-state index in [1.165, 1.54) is 11.8 Å². The molecule has 3 aromatic rings. The minimum absolute atomic E-state index is 0.0560. The lowest BCUT2D eigenvalue weighted by atomic mass is 10.2. The molecule has 0 amide bonds. The molecule has 2 aromatic heterocycles. The van der Waals surface area contributed by atoms with Crippen molar-refractivity contribution < 1.29 is 0 Å². The number of aromatic amines is 1. The highest BCUT2D eigenvalue weighted by Gasteiger charge is 2.17. The van der Waals surface area contributed by atoms with Crippen LogP contribution in [0.3, 0.4) is 0 Å². The molecule has 0 aliphatic heterocycles. The maximum atomic E-state index is 12.2. The number of aryl methyl sites for hydroxylation is 1. The Morgan fingerprint density at radius 3 is 2.96 bits per heavy atom. The molecule has 0 spiro atoms. The number of allylic oxidation sites excluding steroid dienone is 1. The highest BCUT2D eigenvalue weighted by atomic mass is 32.2. The number of nitrogens with one attached hydrogen (secondary N) is 1. The van der Waals surface area contributed by atoms with Crippen LogP contribution < -0.4 is 5.56 Å². The van der Waals surface area contributed by atoms with Gasteiger partial charge in [0.1, 0.15) is 11.6 Å². The number of fused-ring (bicyclic) bond motifs is 1. The molecule has 0 aliphatic carbocycles. The second-order valence-electron chi connectivity index (χ2n) is 5.16. The average Bonchev–Trinajstić information content (AvgIpc) is 2.88. The van der Waals surface area contributed by atoms with Gasteiger partial charge in [-0.1, -0.05) is 30.0 Å². The summed E-state index contributed by atoms with van der Waals surface area (Å²) in [5.74, 6) is 1.46. The van der Waals surface area contributed by atoms with Crippen molar-refractivity contribution >= 4 is 22.7 Å². The van der Waals surface area contributed by atoms with Crippen molar-refractivity contribution in [1.29, 1.82) is 0 Å². The average molecular weight is 327 g/mol. The predicted molar refractivity (Wildman–Crippen MR) is 91.6 cm³/mol. The van der Waals surface area contributed by atoms with Gasteiger partial charge in [-0.3, -0.25) is 4.79 Å². The van der Waals surface area contributed by atoms with Crippen LogP contribution >= 0.6 is 11.8 Å². The Morgan fingerprint density at radius 1 is 1.39 bits per heavy atom. The fourth-order valence-corrected chi connectivity index (χ4v) is 3.26. The molecule has 1 N–H and O–H groups in total. The van der Waals surface area contributed by atoms with E-state index >= 15 is 0 Å². The van der Waals surface area contributed by atoms with Crippen molar-refractivity contribution in [1.82, 2.24) is 24.7 Å². The van der Waals surface area contributed by atoms with Crippen LogP contribution in [0.2, 0.25) is 0 Å². The third kappa shape index (κ3) is 3.05. The van der Waals surface area contributed by atoms with Crippen LogP contribution in [0.15, 0.2) is 46.9 Å². The fourth-order valence-electron chi connectivity index (χ4n) is 2.30. The summed E-state index contributed by atoms with van der Waals surface area (Å²) in [5, 5.41) is 9.62. The van der Waals surface area contributed by atoms with Gasteiger partial charge in [0, 0.05) is 6.54 Å².